The van der Waals surface area contributed by atoms with E-state index in [-0.39, 0.29) is 24.0 Å². The van der Waals surface area contributed by atoms with Crippen LogP contribution < -0.4 is 24.0 Å². The van der Waals surface area contributed by atoms with Crippen molar-refractivity contribution in [2.75, 3.05) is 19.6 Å². The van der Waals surface area contributed by atoms with Gasteiger partial charge in [-0.2, -0.15) is 0 Å². The highest BCUT2D eigenvalue weighted by atomic mass is 127. The van der Waals surface area contributed by atoms with Gasteiger partial charge in [0.25, 0.3) is 0 Å². The summed E-state index contributed by atoms with van der Waals surface area (Å²) in [5.74, 6) is 0. The second-order valence-corrected chi connectivity index (χ2v) is 5.31. The minimum absolute atomic E-state index is 0. The molecule has 1 nitrogen and oxygen atoms in total. The summed E-state index contributed by atoms with van der Waals surface area (Å²) in [5.41, 5.74) is 2.91. The Bertz CT molecular complexity index is 343. The van der Waals surface area contributed by atoms with Gasteiger partial charge >= 0.3 is 0 Å². The highest BCUT2D eigenvalue weighted by Crippen LogP contribution is 2.22. The highest BCUT2D eigenvalue weighted by Gasteiger charge is 2.27. The van der Waals surface area contributed by atoms with E-state index in [2.05, 4.69) is 38.1 Å². The van der Waals surface area contributed by atoms with Crippen LogP contribution in [-0.4, -0.2) is 24.1 Å². The van der Waals surface area contributed by atoms with E-state index in [1.165, 1.54) is 61.1 Å². The SMILES string of the molecule is CC[N+]1(Cc2cccc(C)c2)CCCCC1.[I-]. The summed E-state index contributed by atoms with van der Waals surface area (Å²) in [7, 11) is 0. The van der Waals surface area contributed by atoms with Crippen molar-refractivity contribution in [3.63, 3.8) is 0 Å². The number of nitrogens with zero attached hydrogens (tertiary/aromatic N) is 1. The smallest absolute Gasteiger partial charge is 0.104 e. The number of halogens is 1. The maximum Gasteiger partial charge on any atom is 0.104 e. The van der Waals surface area contributed by atoms with Crippen molar-refractivity contribution in [3.8, 4) is 0 Å². The zero-order valence-corrected chi connectivity index (χ0v) is 13.2. The average Bonchev–Trinajstić information content (AvgIpc) is 2.30. The zero-order valence-electron chi connectivity index (χ0n) is 11.1. The van der Waals surface area contributed by atoms with Crippen molar-refractivity contribution in [2.45, 2.75) is 39.7 Å². The fourth-order valence-electron chi connectivity index (χ4n) is 2.97. The van der Waals surface area contributed by atoms with Crippen LogP contribution in [-0.2, 0) is 6.54 Å². The number of aryl methyl sites for hydroxylation is 1. The van der Waals surface area contributed by atoms with Crippen molar-refractivity contribution in [1.82, 2.24) is 0 Å². The van der Waals surface area contributed by atoms with Crippen LogP contribution in [0.4, 0.5) is 0 Å². The number of benzene rings is 1. The molecular formula is C15H24IN. The van der Waals surface area contributed by atoms with Crippen LogP contribution in [0.15, 0.2) is 24.3 Å². The van der Waals surface area contributed by atoms with Gasteiger partial charge in [-0.1, -0.05) is 29.8 Å². The largest absolute Gasteiger partial charge is 1.00 e. The molecule has 1 saturated heterocycles. The van der Waals surface area contributed by atoms with Gasteiger partial charge in [-0.15, -0.1) is 0 Å². The summed E-state index contributed by atoms with van der Waals surface area (Å²) in [6.07, 6.45) is 4.27. The van der Waals surface area contributed by atoms with Crippen molar-refractivity contribution in [3.05, 3.63) is 35.4 Å². The van der Waals surface area contributed by atoms with Crippen molar-refractivity contribution in [1.29, 1.82) is 0 Å². The van der Waals surface area contributed by atoms with E-state index in [0.717, 1.165) is 0 Å². The minimum atomic E-state index is 0. The second kappa shape index (κ2) is 6.74. The first-order valence-corrected chi connectivity index (χ1v) is 6.65. The number of quaternary nitrogens is 1. The topological polar surface area (TPSA) is 0 Å². The van der Waals surface area contributed by atoms with Gasteiger partial charge in [0, 0.05) is 5.56 Å². The van der Waals surface area contributed by atoms with Crippen LogP contribution in [0.5, 0.6) is 0 Å². The van der Waals surface area contributed by atoms with Gasteiger partial charge < -0.3 is 28.5 Å². The second-order valence-electron chi connectivity index (χ2n) is 5.31. The summed E-state index contributed by atoms with van der Waals surface area (Å²) >= 11 is 0. The number of likely N-dealkylation sites (tertiary alicyclic amines) is 1. The first-order valence-electron chi connectivity index (χ1n) is 6.65. The maximum atomic E-state index is 2.35. The Morgan fingerprint density at radius 3 is 2.41 bits per heavy atom. The molecule has 0 spiro atoms. The summed E-state index contributed by atoms with van der Waals surface area (Å²) in [6.45, 7) is 9.82. The molecule has 1 aromatic rings. The van der Waals surface area contributed by atoms with Crippen molar-refractivity contribution >= 4 is 0 Å². The summed E-state index contributed by atoms with van der Waals surface area (Å²) in [4.78, 5) is 0. The molecule has 0 radical (unpaired) electrons. The standard InChI is InChI=1S/C15H24N.HI/c1-3-16(10-5-4-6-11-16)13-15-9-7-8-14(2)12-15;/h7-9,12H,3-6,10-11,13H2,1-2H3;1H/q+1;/p-1. The van der Waals surface area contributed by atoms with Crippen molar-refractivity contribution < 1.29 is 28.5 Å². The van der Waals surface area contributed by atoms with Gasteiger partial charge in [-0.25, -0.2) is 0 Å². The van der Waals surface area contributed by atoms with Crippen LogP contribution in [0, 0.1) is 6.92 Å². The molecule has 1 aliphatic heterocycles. The van der Waals surface area contributed by atoms with Gasteiger partial charge in [0.2, 0.25) is 0 Å². The Balaban J connectivity index is 0.00000144. The number of hydrogen-bond acceptors (Lipinski definition) is 0. The average molecular weight is 345 g/mol. The molecule has 1 aromatic carbocycles. The van der Waals surface area contributed by atoms with Crippen LogP contribution in [0.3, 0.4) is 0 Å². The molecule has 1 heterocycles. The Kier molecular flexibility index (Phi) is 5.93. The number of rotatable bonds is 3. The molecule has 0 N–H and O–H groups in total. The number of hydrogen-bond donors (Lipinski definition) is 0. The van der Waals surface area contributed by atoms with E-state index >= 15 is 0 Å². The Morgan fingerprint density at radius 2 is 1.82 bits per heavy atom. The van der Waals surface area contributed by atoms with Gasteiger partial charge in [0.1, 0.15) is 6.54 Å². The van der Waals surface area contributed by atoms with E-state index in [0.29, 0.717) is 0 Å². The molecule has 0 atom stereocenters. The molecule has 2 rings (SSSR count). The van der Waals surface area contributed by atoms with Crippen LogP contribution >= 0.6 is 0 Å². The predicted octanol–water partition coefficient (Wildman–Crippen LogP) is 0.520. The lowest BCUT2D eigenvalue weighted by atomic mass is 10.0. The molecule has 1 fully saturated rings. The quantitative estimate of drug-likeness (QED) is 0.554. The van der Waals surface area contributed by atoms with Crippen LogP contribution in [0.2, 0.25) is 0 Å². The molecule has 2 heteroatoms. The monoisotopic (exact) mass is 345 g/mol. The van der Waals surface area contributed by atoms with Gasteiger partial charge in [0.15, 0.2) is 0 Å². The van der Waals surface area contributed by atoms with Crippen LogP contribution in [0.1, 0.15) is 37.3 Å². The molecule has 0 unspecified atom stereocenters. The van der Waals surface area contributed by atoms with E-state index in [4.69, 9.17) is 0 Å². The predicted molar refractivity (Wildman–Crippen MR) is 69.3 cm³/mol. The first-order chi connectivity index (χ1) is 7.74. The van der Waals surface area contributed by atoms with E-state index in [1.54, 1.807) is 0 Å². The molecule has 0 bridgehead atoms. The summed E-state index contributed by atoms with van der Waals surface area (Å²) in [6, 6.07) is 9.03. The molecular weight excluding hydrogens is 321 g/mol. The molecule has 0 saturated carbocycles. The lowest BCUT2D eigenvalue weighted by Gasteiger charge is -2.41. The Morgan fingerprint density at radius 1 is 1.12 bits per heavy atom. The van der Waals surface area contributed by atoms with E-state index < -0.39 is 0 Å². The van der Waals surface area contributed by atoms with E-state index in [1.807, 2.05) is 0 Å². The maximum absolute atomic E-state index is 2.35. The molecule has 96 valence electrons. The van der Waals surface area contributed by atoms with Gasteiger partial charge in [-0.05, 0) is 33.1 Å². The molecule has 0 amide bonds. The molecule has 0 aromatic heterocycles. The van der Waals surface area contributed by atoms with Gasteiger partial charge in [0.05, 0.1) is 19.6 Å². The third-order valence-electron chi connectivity index (χ3n) is 4.04. The molecule has 0 aliphatic carbocycles. The summed E-state index contributed by atoms with van der Waals surface area (Å²) in [5, 5.41) is 0. The minimum Gasteiger partial charge on any atom is -1.00 e. The number of piperidine rings is 1. The molecule has 1 aliphatic rings. The van der Waals surface area contributed by atoms with E-state index in [9.17, 15) is 0 Å². The lowest BCUT2D eigenvalue weighted by Crippen LogP contribution is -3.00. The normalized spacial score (nSPS) is 18.5. The van der Waals surface area contributed by atoms with Crippen LogP contribution in [0.25, 0.3) is 0 Å². The lowest BCUT2D eigenvalue weighted by molar-refractivity contribution is -0.943. The summed E-state index contributed by atoms with van der Waals surface area (Å²) < 4.78 is 1.31. The highest BCUT2D eigenvalue weighted by molar-refractivity contribution is 5.21. The van der Waals surface area contributed by atoms with Gasteiger partial charge in [-0.3, -0.25) is 0 Å². The Labute approximate surface area is 123 Å². The van der Waals surface area contributed by atoms with Crippen molar-refractivity contribution in [2.24, 2.45) is 0 Å². The zero-order chi connectivity index (χ0) is 11.4. The fraction of sp³-hybridized carbons (Fsp3) is 0.600. The first kappa shape index (κ1) is 15.0. The fourth-order valence-corrected chi connectivity index (χ4v) is 2.97. The third-order valence-corrected chi connectivity index (χ3v) is 4.04. The Hall–Kier alpha value is -0.0900. The molecule has 17 heavy (non-hydrogen) atoms. The third kappa shape index (κ3) is 3.95.